The van der Waals surface area contributed by atoms with Crippen molar-refractivity contribution in [3.8, 4) is 0 Å². The molecule has 0 aliphatic rings. The van der Waals surface area contributed by atoms with Crippen LogP contribution < -0.4 is 5.32 Å². The molecule has 214 valence electrons. The summed E-state index contributed by atoms with van der Waals surface area (Å²) in [5, 5.41) is 21.1. The van der Waals surface area contributed by atoms with Crippen molar-refractivity contribution in [1.82, 2.24) is 5.32 Å². The van der Waals surface area contributed by atoms with Crippen molar-refractivity contribution in [3.63, 3.8) is 0 Å². The summed E-state index contributed by atoms with van der Waals surface area (Å²) in [5.41, 5.74) is 0. The van der Waals surface area contributed by atoms with Gasteiger partial charge in [0.05, 0.1) is 13.2 Å². The van der Waals surface area contributed by atoms with Crippen molar-refractivity contribution in [3.05, 3.63) is 24.3 Å². The predicted molar refractivity (Wildman–Crippen MR) is 139 cm³/mol. The van der Waals surface area contributed by atoms with Crippen LogP contribution in [0.2, 0.25) is 0 Å². The molecule has 0 radical (unpaired) electrons. The lowest BCUT2D eigenvalue weighted by atomic mass is 10.1. The van der Waals surface area contributed by atoms with Crippen molar-refractivity contribution < 1.29 is 47.8 Å². The van der Waals surface area contributed by atoms with Crippen LogP contribution >= 0.6 is 7.82 Å². The van der Waals surface area contributed by atoms with Crippen molar-refractivity contribution in [2.75, 3.05) is 19.8 Å². The number of carbonyl (C=O) groups excluding carboxylic acids is 2. The minimum absolute atomic E-state index is 0.104. The molecule has 0 saturated heterocycles. The number of ether oxygens (including phenoxy) is 1. The molecule has 1 amide bonds. The van der Waals surface area contributed by atoms with Gasteiger partial charge in [-0.25, -0.2) is 9.36 Å². The van der Waals surface area contributed by atoms with Gasteiger partial charge in [0.1, 0.15) is 12.7 Å². The van der Waals surface area contributed by atoms with Gasteiger partial charge in [-0.05, 0) is 32.1 Å². The van der Waals surface area contributed by atoms with E-state index in [4.69, 9.17) is 0 Å². The molecule has 0 bridgehead atoms. The van der Waals surface area contributed by atoms with Crippen molar-refractivity contribution in [1.29, 1.82) is 0 Å². The van der Waals surface area contributed by atoms with Gasteiger partial charge >= 0.3 is 19.8 Å². The number of aliphatic carboxylic acids is 1. The number of aliphatic hydroxyl groups is 1. The molecule has 0 rings (SSSR count). The van der Waals surface area contributed by atoms with E-state index in [2.05, 4.69) is 50.3 Å². The molecule has 37 heavy (non-hydrogen) atoms. The first kappa shape index (κ1) is 35.0. The van der Waals surface area contributed by atoms with E-state index in [-0.39, 0.29) is 12.8 Å². The van der Waals surface area contributed by atoms with Crippen LogP contribution in [0.4, 0.5) is 0 Å². The Bertz CT molecular complexity index is 756. The van der Waals surface area contributed by atoms with E-state index in [1.54, 1.807) is 6.92 Å². The van der Waals surface area contributed by atoms with E-state index in [1.165, 1.54) is 0 Å². The highest BCUT2D eigenvalue weighted by atomic mass is 31.2. The van der Waals surface area contributed by atoms with E-state index in [9.17, 15) is 34.1 Å². The molecule has 0 aromatic rings. The van der Waals surface area contributed by atoms with Gasteiger partial charge in [0.2, 0.25) is 5.91 Å². The molecule has 0 fully saturated rings. The zero-order valence-electron chi connectivity index (χ0n) is 22.0. The number of nitrogens with one attached hydrogen (secondary N) is 1. The fraction of sp³-hybridized carbons (Fsp3) is 0.720. The minimum Gasteiger partial charge on any atom is -0.480 e. The topological polar surface area (TPSA) is 169 Å². The number of unbranched alkanes of at least 4 members (excludes halogenated alkanes) is 6. The SMILES string of the molecule is CCC/C=C\C/C=C\CCCCCCCC(=O)NC(COP(=O)(O)OCC(O)COC(=O)CC)C(=O)O. The Balaban J connectivity index is 4.08. The van der Waals surface area contributed by atoms with E-state index in [0.717, 1.165) is 51.4 Å². The van der Waals surface area contributed by atoms with Crippen molar-refractivity contribution in [2.45, 2.75) is 96.6 Å². The van der Waals surface area contributed by atoms with Crippen LogP contribution in [0.1, 0.15) is 84.5 Å². The molecule has 0 spiro atoms. The normalized spacial score (nSPS) is 14.9. The molecule has 0 aliphatic carbocycles. The summed E-state index contributed by atoms with van der Waals surface area (Å²) < 4.78 is 25.8. The molecule has 12 heteroatoms. The summed E-state index contributed by atoms with van der Waals surface area (Å²) in [4.78, 5) is 44.2. The lowest BCUT2D eigenvalue weighted by molar-refractivity contribution is -0.146. The number of hydrogen-bond acceptors (Lipinski definition) is 8. The Morgan fingerprint density at radius 1 is 0.892 bits per heavy atom. The summed E-state index contributed by atoms with van der Waals surface area (Å²) in [6.45, 7) is 1.79. The fourth-order valence-electron chi connectivity index (χ4n) is 2.92. The number of aliphatic hydroxyl groups excluding tert-OH is 1. The first-order valence-electron chi connectivity index (χ1n) is 12.9. The number of rotatable bonds is 23. The molecule has 0 aromatic heterocycles. The second-order valence-corrected chi connectivity index (χ2v) is 9.94. The number of carboxylic acids is 1. The fourth-order valence-corrected chi connectivity index (χ4v) is 3.69. The number of amides is 1. The van der Waals surface area contributed by atoms with Gasteiger partial charge in [0.25, 0.3) is 0 Å². The Hall–Kier alpha value is -2.04. The third-order valence-corrected chi connectivity index (χ3v) is 5.98. The zero-order valence-corrected chi connectivity index (χ0v) is 22.9. The summed E-state index contributed by atoms with van der Waals surface area (Å²) in [6.07, 6.45) is 16.3. The maximum atomic E-state index is 12.1. The smallest absolute Gasteiger partial charge is 0.472 e. The summed E-state index contributed by atoms with van der Waals surface area (Å²) in [7, 11) is -4.71. The second-order valence-electron chi connectivity index (χ2n) is 8.48. The van der Waals surface area contributed by atoms with Crippen LogP contribution in [0.25, 0.3) is 0 Å². The standard InChI is InChI=1S/C25H44NO10P/c1-3-5-6-7-8-9-10-11-12-13-14-15-16-17-23(28)26-22(25(30)31)20-36-37(32,33)35-19-21(27)18-34-24(29)4-2/h6-7,9-10,21-22,27H,3-5,8,11-20H2,1-2H3,(H,26,28)(H,30,31)(H,32,33)/b7-6-,10-9-. The quantitative estimate of drug-likeness (QED) is 0.0632. The van der Waals surface area contributed by atoms with Gasteiger partial charge in [-0.1, -0.05) is 63.8 Å². The van der Waals surface area contributed by atoms with Gasteiger partial charge in [-0.3, -0.25) is 18.6 Å². The number of carboxylic acid groups (broad SMARTS) is 1. The van der Waals surface area contributed by atoms with E-state index in [0.29, 0.717) is 6.42 Å². The van der Waals surface area contributed by atoms with Crippen molar-refractivity contribution in [2.24, 2.45) is 0 Å². The highest BCUT2D eigenvalue weighted by molar-refractivity contribution is 7.47. The summed E-state index contributed by atoms with van der Waals surface area (Å²) >= 11 is 0. The van der Waals surface area contributed by atoms with E-state index in [1.807, 2.05) is 0 Å². The molecular weight excluding hydrogens is 505 g/mol. The van der Waals surface area contributed by atoms with Gasteiger partial charge in [-0.15, -0.1) is 0 Å². The maximum Gasteiger partial charge on any atom is 0.472 e. The predicted octanol–water partition coefficient (Wildman–Crippen LogP) is 4.04. The Kier molecular flexibility index (Phi) is 20.8. The largest absolute Gasteiger partial charge is 0.480 e. The number of phosphoric ester groups is 1. The number of allylic oxidation sites excluding steroid dienone is 4. The summed E-state index contributed by atoms with van der Waals surface area (Å²) in [6, 6.07) is -1.55. The maximum absolute atomic E-state index is 12.1. The van der Waals surface area contributed by atoms with Crippen LogP contribution in [0.15, 0.2) is 24.3 Å². The molecular formula is C25H44NO10P. The molecule has 0 aliphatic heterocycles. The Labute approximate surface area is 219 Å². The number of esters is 1. The monoisotopic (exact) mass is 549 g/mol. The van der Waals surface area contributed by atoms with Gasteiger partial charge in [0, 0.05) is 12.8 Å². The Morgan fingerprint density at radius 2 is 1.51 bits per heavy atom. The first-order chi connectivity index (χ1) is 17.6. The third kappa shape index (κ3) is 21.7. The van der Waals surface area contributed by atoms with E-state index >= 15 is 0 Å². The number of carbonyl (C=O) groups is 3. The third-order valence-electron chi connectivity index (χ3n) is 5.03. The lowest BCUT2D eigenvalue weighted by Gasteiger charge is -2.18. The highest BCUT2D eigenvalue weighted by Crippen LogP contribution is 2.43. The average molecular weight is 550 g/mol. The highest BCUT2D eigenvalue weighted by Gasteiger charge is 2.28. The van der Waals surface area contributed by atoms with E-state index < -0.39 is 57.6 Å². The molecule has 0 saturated carbocycles. The van der Waals surface area contributed by atoms with Crippen LogP contribution in [0.3, 0.4) is 0 Å². The van der Waals surface area contributed by atoms with Gasteiger partial charge < -0.3 is 25.2 Å². The molecule has 3 unspecified atom stereocenters. The van der Waals surface area contributed by atoms with Crippen molar-refractivity contribution >= 4 is 25.7 Å². The van der Waals surface area contributed by atoms with Crippen LogP contribution in [-0.4, -0.2) is 64.9 Å². The molecule has 11 nitrogen and oxygen atoms in total. The van der Waals surface area contributed by atoms with Crippen LogP contribution in [0.5, 0.6) is 0 Å². The molecule has 3 atom stereocenters. The first-order valence-corrected chi connectivity index (χ1v) is 14.4. The average Bonchev–Trinajstić information content (AvgIpc) is 2.86. The summed E-state index contributed by atoms with van der Waals surface area (Å²) in [5.74, 6) is -2.50. The van der Waals surface area contributed by atoms with Crippen LogP contribution in [0, 0.1) is 0 Å². The van der Waals surface area contributed by atoms with Gasteiger partial charge in [-0.2, -0.15) is 0 Å². The second kappa shape index (κ2) is 22.0. The minimum atomic E-state index is -4.71. The van der Waals surface area contributed by atoms with Crippen LogP contribution in [-0.2, 0) is 32.7 Å². The zero-order chi connectivity index (χ0) is 27.9. The molecule has 4 N–H and O–H groups in total. The Morgan fingerprint density at radius 3 is 2.16 bits per heavy atom. The molecule has 0 aromatic carbocycles. The number of hydrogen-bond donors (Lipinski definition) is 4. The van der Waals surface area contributed by atoms with Gasteiger partial charge in [0.15, 0.2) is 6.04 Å². The lowest BCUT2D eigenvalue weighted by Crippen LogP contribution is -2.43. The molecule has 0 heterocycles. The number of phosphoric acid groups is 1.